The number of hydrogen-bond acceptors (Lipinski definition) is 3. The normalized spacial score (nSPS) is 22.1. The number of piperidine rings is 1. The van der Waals surface area contributed by atoms with E-state index >= 15 is 0 Å². The summed E-state index contributed by atoms with van der Waals surface area (Å²) in [5.74, 6) is 0. The van der Waals surface area contributed by atoms with Crippen molar-refractivity contribution in [2.75, 3.05) is 26.2 Å². The Labute approximate surface area is 90.1 Å². The Morgan fingerprint density at radius 1 is 1.20 bits per heavy atom. The second-order valence-electron chi connectivity index (χ2n) is 3.96. The number of nitrogens with zero attached hydrogens (tertiary/aromatic N) is 1. The minimum Gasteiger partial charge on any atom is -0.465 e. The summed E-state index contributed by atoms with van der Waals surface area (Å²) in [5.41, 5.74) is 0. The van der Waals surface area contributed by atoms with Crippen LogP contribution >= 0.6 is 0 Å². The molecule has 2 rings (SSSR count). The SMILES string of the molecule is O=C(O)N1CCCC1.OC1CCNCC1. The lowest BCUT2D eigenvalue weighted by atomic mass is 10.1. The summed E-state index contributed by atoms with van der Waals surface area (Å²) in [7, 11) is 0. The standard InChI is InChI=1S/C5H9NO2.C5H11NO/c7-5(8)6-3-1-2-4-6;7-5-1-3-6-4-2-5/h1-4H2,(H,7,8);5-7H,1-4H2. The lowest BCUT2D eigenvalue weighted by molar-refractivity contribution is 0.137. The highest BCUT2D eigenvalue weighted by atomic mass is 16.4. The number of aliphatic hydroxyl groups excluding tert-OH is 1. The van der Waals surface area contributed by atoms with Crippen LogP contribution < -0.4 is 5.32 Å². The molecule has 0 radical (unpaired) electrons. The number of hydrogen-bond donors (Lipinski definition) is 3. The number of rotatable bonds is 0. The van der Waals surface area contributed by atoms with Gasteiger partial charge in [-0.25, -0.2) is 4.79 Å². The van der Waals surface area contributed by atoms with Gasteiger partial charge in [0.25, 0.3) is 0 Å². The molecule has 2 aliphatic heterocycles. The zero-order valence-electron chi connectivity index (χ0n) is 8.98. The smallest absolute Gasteiger partial charge is 0.407 e. The molecular formula is C10H20N2O3. The minimum atomic E-state index is -0.775. The first-order valence-corrected chi connectivity index (χ1v) is 5.57. The molecule has 0 aliphatic carbocycles. The van der Waals surface area contributed by atoms with Gasteiger partial charge in [0.05, 0.1) is 6.10 Å². The molecule has 0 aromatic heterocycles. The van der Waals surface area contributed by atoms with E-state index in [1.807, 2.05) is 0 Å². The molecule has 0 spiro atoms. The van der Waals surface area contributed by atoms with E-state index in [9.17, 15) is 4.79 Å². The average Bonchev–Trinajstić information content (AvgIpc) is 2.72. The molecule has 2 heterocycles. The van der Waals surface area contributed by atoms with Crippen LogP contribution in [0.25, 0.3) is 0 Å². The first kappa shape index (κ1) is 12.3. The van der Waals surface area contributed by atoms with Gasteiger partial charge in [-0.15, -0.1) is 0 Å². The molecule has 5 heteroatoms. The Morgan fingerprint density at radius 3 is 2.00 bits per heavy atom. The quantitative estimate of drug-likeness (QED) is 0.551. The van der Waals surface area contributed by atoms with E-state index in [4.69, 9.17) is 10.2 Å². The van der Waals surface area contributed by atoms with Gasteiger partial charge in [0, 0.05) is 13.1 Å². The molecule has 5 nitrogen and oxygen atoms in total. The third kappa shape index (κ3) is 4.99. The van der Waals surface area contributed by atoms with E-state index in [0.717, 1.165) is 51.9 Å². The van der Waals surface area contributed by atoms with Gasteiger partial charge in [-0.3, -0.25) is 0 Å². The Bertz CT molecular complexity index is 187. The maximum absolute atomic E-state index is 10.1. The van der Waals surface area contributed by atoms with E-state index in [1.54, 1.807) is 0 Å². The predicted molar refractivity (Wildman–Crippen MR) is 56.9 cm³/mol. The van der Waals surface area contributed by atoms with E-state index in [2.05, 4.69) is 5.32 Å². The van der Waals surface area contributed by atoms with Crippen molar-refractivity contribution in [2.45, 2.75) is 31.8 Å². The fraction of sp³-hybridized carbons (Fsp3) is 0.900. The van der Waals surface area contributed by atoms with Crippen LogP contribution in [0.1, 0.15) is 25.7 Å². The summed E-state index contributed by atoms with van der Waals surface area (Å²) in [6.07, 6.45) is 3.13. The zero-order chi connectivity index (χ0) is 11.1. The lowest BCUT2D eigenvalue weighted by Gasteiger charge is -2.16. The van der Waals surface area contributed by atoms with Crippen molar-refractivity contribution in [3.05, 3.63) is 0 Å². The molecule has 0 aromatic rings. The average molecular weight is 216 g/mol. The highest BCUT2D eigenvalue weighted by Gasteiger charge is 2.15. The summed E-state index contributed by atoms with van der Waals surface area (Å²) in [6.45, 7) is 3.44. The molecule has 1 amide bonds. The van der Waals surface area contributed by atoms with Gasteiger partial charge in [0.15, 0.2) is 0 Å². The summed E-state index contributed by atoms with van der Waals surface area (Å²) in [4.78, 5) is 11.6. The van der Waals surface area contributed by atoms with Gasteiger partial charge < -0.3 is 20.4 Å². The molecule has 0 atom stereocenters. The molecule has 3 N–H and O–H groups in total. The molecule has 2 saturated heterocycles. The third-order valence-corrected chi connectivity index (χ3v) is 2.69. The van der Waals surface area contributed by atoms with E-state index in [1.165, 1.54) is 4.90 Å². The number of carboxylic acid groups (broad SMARTS) is 1. The van der Waals surface area contributed by atoms with E-state index in [-0.39, 0.29) is 6.10 Å². The summed E-state index contributed by atoms with van der Waals surface area (Å²) >= 11 is 0. The van der Waals surface area contributed by atoms with Crippen molar-refractivity contribution >= 4 is 6.09 Å². The molecule has 0 saturated carbocycles. The van der Waals surface area contributed by atoms with Crippen molar-refractivity contribution in [3.63, 3.8) is 0 Å². The fourth-order valence-electron chi connectivity index (χ4n) is 1.72. The van der Waals surface area contributed by atoms with Crippen LogP contribution in [0.15, 0.2) is 0 Å². The summed E-state index contributed by atoms with van der Waals surface area (Å²) < 4.78 is 0. The number of aliphatic hydroxyl groups is 1. The zero-order valence-corrected chi connectivity index (χ0v) is 8.98. The van der Waals surface area contributed by atoms with Crippen molar-refractivity contribution in [1.82, 2.24) is 10.2 Å². The molecule has 2 fully saturated rings. The number of carbonyl (C=O) groups is 1. The monoisotopic (exact) mass is 216 g/mol. The summed E-state index contributed by atoms with van der Waals surface area (Å²) in [6, 6.07) is 0. The second-order valence-corrected chi connectivity index (χ2v) is 3.96. The van der Waals surface area contributed by atoms with Crippen molar-refractivity contribution in [2.24, 2.45) is 0 Å². The van der Waals surface area contributed by atoms with Gasteiger partial charge in [0.2, 0.25) is 0 Å². The molecule has 0 aromatic carbocycles. The molecule has 2 aliphatic rings. The molecule has 15 heavy (non-hydrogen) atoms. The first-order chi connectivity index (χ1) is 7.20. The van der Waals surface area contributed by atoms with Crippen LogP contribution in [0, 0.1) is 0 Å². The predicted octanol–water partition coefficient (Wildman–Crippen LogP) is 0.491. The van der Waals surface area contributed by atoms with Crippen LogP contribution in [-0.4, -0.2) is 53.5 Å². The fourth-order valence-corrected chi connectivity index (χ4v) is 1.72. The Hall–Kier alpha value is -0.810. The van der Waals surface area contributed by atoms with Crippen LogP contribution in [-0.2, 0) is 0 Å². The molecule has 0 bridgehead atoms. The maximum atomic E-state index is 10.1. The highest BCUT2D eigenvalue weighted by molar-refractivity contribution is 5.65. The van der Waals surface area contributed by atoms with Gasteiger partial charge in [-0.05, 0) is 38.8 Å². The van der Waals surface area contributed by atoms with Gasteiger partial charge in [-0.1, -0.05) is 0 Å². The number of amides is 1. The first-order valence-electron chi connectivity index (χ1n) is 5.57. The molecular weight excluding hydrogens is 196 g/mol. The van der Waals surface area contributed by atoms with Crippen molar-refractivity contribution in [1.29, 1.82) is 0 Å². The van der Waals surface area contributed by atoms with Gasteiger partial charge in [-0.2, -0.15) is 0 Å². The van der Waals surface area contributed by atoms with Crippen LogP contribution in [0.2, 0.25) is 0 Å². The van der Waals surface area contributed by atoms with Crippen LogP contribution in [0.3, 0.4) is 0 Å². The van der Waals surface area contributed by atoms with E-state index < -0.39 is 6.09 Å². The summed E-state index contributed by atoms with van der Waals surface area (Å²) in [5, 5.41) is 20.4. The Kier molecular flexibility index (Phi) is 5.42. The highest BCUT2D eigenvalue weighted by Crippen LogP contribution is 2.06. The topological polar surface area (TPSA) is 72.8 Å². The van der Waals surface area contributed by atoms with Crippen LogP contribution in [0.4, 0.5) is 4.79 Å². The van der Waals surface area contributed by atoms with Gasteiger partial charge in [0.1, 0.15) is 0 Å². The molecule has 88 valence electrons. The Balaban J connectivity index is 0.000000151. The Morgan fingerprint density at radius 2 is 1.73 bits per heavy atom. The van der Waals surface area contributed by atoms with Crippen molar-refractivity contribution < 1.29 is 15.0 Å². The van der Waals surface area contributed by atoms with Crippen LogP contribution in [0.5, 0.6) is 0 Å². The number of likely N-dealkylation sites (tertiary alicyclic amines) is 1. The van der Waals surface area contributed by atoms with Crippen molar-refractivity contribution in [3.8, 4) is 0 Å². The molecule has 0 unspecified atom stereocenters. The second kappa shape index (κ2) is 6.63. The third-order valence-electron chi connectivity index (χ3n) is 2.69. The largest absolute Gasteiger partial charge is 0.465 e. The maximum Gasteiger partial charge on any atom is 0.407 e. The minimum absolute atomic E-state index is 0.0266. The lowest BCUT2D eigenvalue weighted by Crippen LogP contribution is -2.30. The van der Waals surface area contributed by atoms with E-state index in [0.29, 0.717) is 0 Å². The number of nitrogens with one attached hydrogen (secondary N) is 1. The van der Waals surface area contributed by atoms with Gasteiger partial charge >= 0.3 is 6.09 Å².